The average molecular weight is 2080 g/mol. The fourth-order valence-electron chi connectivity index (χ4n) is 16.6. The third kappa shape index (κ3) is 48.1. The summed E-state index contributed by atoms with van der Waals surface area (Å²) in [6, 6.07) is -25.0. The molecule has 2 fully saturated rings. The van der Waals surface area contributed by atoms with Crippen LogP contribution in [0.5, 0.6) is 0 Å². The lowest BCUT2D eigenvalue weighted by molar-refractivity contribution is -0.152. The van der Waals surface area contributed by atoms with Gasteiger partial charge in [-0.1, -0.05) is 111 Å². The highest BCUT2D eigenvalue weighted by Crippen LogP contribution is 2.27. The van der Waals surface area contributed by atoms with Gasteiger partial charge in [0.1, 0.15) is 115 Å². The second-order valence-electron chi connectivity index (χ2n) is 42.0. The Hall–Kier alpha value is -12.2. The largest absolute Gasteiger partial charge is 0.480 e. The number of amides is 19. The van der Waals surface area contributed by atoms with Gasteiger partial charge >= 0.3 is 5.97 Å². The van der Waals surface area contributed by atoms with Gasteiger partial charge in [-0.2, -0.15) is 0 Å². The number of carboxylic acid groups (broad SMARTS) is 1. The van der Waals surface area contributed by atoms with Crippen LogP contribution in [-0.2, 0) is 95.9 Å². The molecule has 20 atom stereocenters. The third-order valence-electron chi connectivity index (χ3n) is 24.7. The van der Waals surface area contributed by atoms with Crippen LogP contribution in [0.3, 0.4) is 0 Å². The zero-order chi connectivity index (χ0) is 112. The van der Waals surface area contributed by atoms with E-state index in [2.05, 4.69) is 100 Å². The Labute approximate surface area is 865 Å². The molecule has 2 saturated heterocycles. The van der Waals surface area contributed by atoms with E-state index in [-0.39, 0.29) is 157 Å². The monoisotopic (exact) mass is 2080 g/mol. The Morgan fingerprint density at radius 1 is 0.279 bits per heavy atom. The molecule has 0 unspecified atom stereocenters. The molecule has 49 heteroatoms. The lowest BCUT2D eigenvalue weighted by Gasteiger charge is -2.32. The summed E-state index contributed by atoms with van der Waals surface area (Å²) in [5.41, 5.74) is 39.6. The van der Waals surface area contributed by atoms with E-state index in [1.54, 1.807) is 83.1 Å². The van der Waals surface area contributed by atoms with Crippen LogP contribution in [0.25, 0.3) is 0 Å². The van der Waals surface area contributed by atoms with Crippen molar-refractivity contribution in [2.75, 3.05) is 39.3 Å². The van der Waals surface area contributed by atoms with E-state index in [1.165, 1.54) is 51.3 Å². The minimum Gasteiger partial charge on any atom is -0.480 e. The Kier molecular flexibility index (Phi) is 59.0. The van der Waals surface area contributed by atoms with Gasteiger partial charge in [0.05, 0.1) is 6.04 Å². The summed E-state index contributed by atoms with van der Waals surface area (Å²) in [6.45, 7) is 37.4. The highest BCUT2D eigenvalue weighted by molar-refractivity contribution is 6.02. The molecule has 0 aliphatic carbocycles. The molecule has 0 aromatic rings. The van der Waals surface area contributed by atoms with Crippen LogP contribution < -0.4 is 131 Å². The minimum atomic E-state index is -1.36. The van der Waals surface area contributed by atoms with Gasteiger partial charge in [-0.3, -0.25) is 101 Å². The van der Waals surface area contributed by atoms with Gasteiger partial charge in [-0.25, -0.2) is 4.79 Å². The summed E-state index contributed by atoms with van der Waals surface area (Å²) >= 11 is 0. The summed E-state index contributed by atoms with van der Waals surface area (Å²) in [5.74, 6) is -18.5. The predicted molar refractivity (Wildman–Crippen MR) is 554 cm³/mol. The molecule has 0 saturated carbocycles. The normalized spacial score (nSPS) is 17.2. The quantitative estimate of drug-likeness (QED) is 0.0161. The molecule has 2 aliphatic heterocycles. The standard InChI is InChI=1S/C98H178N28O21/c1-49(2)43-67(86(136)110-58(18)78(128)117-70(46-52(7)8)90(140)121-69(45-51(5)6)88(138)113-62(22)94(144)125-41-29-35-73(125)95(145)126-42-30-36-74(126)96(146)147)120-91(141)72(48-54(11)12)122-93(143)76(56(15)16)124-81(131)61(21)111-87(137)68(44-50(3)4)119-89(139)71(47-53(9)10)118-79(129)59(19)112-92(142)75(55(13)14)123-80(130)60(20)108-77(127)57(17)109-83(133)64(32-23-25-37-99)115-84(134)65(33-24-26-38-100)116-85(135)66(34-28-40-107-98(104)105)114-82(132)63(101)31-27-39-106-97(102)103/h49-76H,23-48,99-101H2,1-22H3,(H,108,127)(H,109,133)(H,110,136)(H,111,137)(H,112,142)(H,113,138)(H,114,132)(H,115,134)(H,116,135)(H,117,128)(H,118,129)(H,119,139)(H,120,141)(H,121,140)(H,122,143)(H,123,130)(H,124,131)(H,146,147)(H4,102,103,106)(H4,104,105,107)/t57-,58-,59-,60-,61-,62-,63-,64-,65-,66-,67-,68-,69-,70-,71-,72-,73-,74-,75-,76-/m0/s1. The molecule has 32 N–H and O–H groups in total. The molecule has 0 spiro atoms. The summed E-state index contributed by atoms with van der Waals surface area (Å²) in [5, 5.41) is 55.1. The molecular weight excluding hydrogens is 1910 g/mol. The molecule has 0 bridgehead atoms. The Morgan fingerprint density at radius 2 is 0.517 bits per heavy atom. The first-order valence-electron chi connectivity index (χ1n) is 51.9. The number of likely N-dealkylation sites (tertiary alicyclic amines) is 2. The van der Waals surface area contributed by atoms with Gasteiger partial charge in [0.15, 0.2) is 11.9 Å². The van der Waals surface area contributed by atoms with Crippen molar-refractivity contribution in [1.82, 2.24) is 100 Å². The van der Waals surface area contributed by atoms with E-state index in [0.29, 0.717) is 57.8 Å². The highest BCUT2D eigenvalue weighted by atomic mass is 16.4. The summed E-state index contributed by atoms with van der Waals surface area (Å²) in [6.07, 6.45) is 4.28. The van der Waals surface area contributed by atoms with E-state index < -0.39 is 251 Å². The molecule has 19 amide bonds. The lowest BCUT2D eigenvalue weighted by atomic mass is 9.98. The van der Waals surface area contributed by atoms with Gasteiger partial charge < -0.3 is 145 Å². The average Bonchev–Trinajstić information content (AvgIpc) is 1.65. The number of unbranched alkanes of at least 4 members (excludes halogenated alkanes) is 2. The van der Waals surface area contributed by atoms with Crippen LogP contribution in [0, 0.1) is 47.3 Å². The number of guanidine groups is 2. The molecule has 49 nitrogen and oxygen atoms in total. The van der Waals surface area contributed by atoms with Crippen molar-refractivity contribution in [1.29, 1.82) is 0 Å². The van der Waals surface area contributed by atoms with Crippen molar-refractivity contribution in [3.8, 4) is 0 Å². The fourth-order valence-corrected chi connectivity index (χ4v) is 16.6. The van der Waals surface area contributed by atoms with Gasteiger partial charge in [0.2, 0.25) is 112 Å². The number of nitrogens with one attached hydrogen (secondary N) is 17. The van der Waals surface area contributed by atoms with Crippen LogP contribution in [-0.4, -0.2) is 305 Å². The predicted octanol–water partition coefficient (Wildman–Crippen LogP) is -3.30. The number of hydrogen-bond acceptors (Lipinski definition) is 25. The van der Waals surface area contributed by atoms with Crippen LogP contribution in [0.2, 0.25) is 0 Å². The molecule has 0 aromatic heterocycles. The topological polar surface area (TPSA) is 779 Å². The first-order chi connectivity index (χ1) is 68.7. The van der Waals surface area contributed by atoms with Gasteiger partial charge in [-0.05, 0) is 230 Å². The maximum atomic E-state index is 14.5. The minimum absolute atomic E-state index is 0.0110. The highest BCUT2D eigenvalue weighted by Gasteiger charge is 2.46. The SMILES string of the molecule is CC(C)C[C@H](NC(=O)[C@H](C)NC(=O)[C@@H](NC(=O)[C@H](C)NC(=O)[C@H](C)NC(=O)[C@H](CCCCN)NC(=O)[C@H](CCCCN)NC(=O)[C@H](CCCN=C(N)N)NC(=O)[C@@H](N)CCCN=C(N)N)C(C)C)C(=O)N[C@@H](CC(C)C)C(=O)N[C@@H](C)C(=O)N[C@H](C(=O)N[C@@H](CC(C)C)C(=O)N[C@@H](CC(C)C)C(=O)N[C@@H](C)C(=O)N[C@@H](CC(C)C)C(=O)N[C@@H](CC(C)C)C(=O)N[C@@H](C)C(=O)N1CCC[C@H]1C(=O)N1CCC[C@H]1C(=O)O)C(C)C. The molecular formula is C98H178N28O21. The van der Waals surface area contributed by atoms with Crippen molar-refractivity contribution in [3.63, 3.8) is 0 Å². The molecule has 2 rings (SSSR count). The molecule has 147 heavy (non-hydrogen) atoms. The number of hydrogen-bond donors (Lipinski definition) is 25. The molecule has 836 valence electrons. The van der Waals surface area contributed by atoms with Crippen LogP contribution in [0.15, 0.2) is 9.98 Å². The summed E-state index contributed by atoms with van der Waals surface area (Å²) in [4.78, 5) is 291. The zero-order valence-electron chi connectivity index (χ0n) is 90.5. The van der Waals surface area contributed by atoms with E-state index >= 15 is 0 Å². The Balaban J connectivity index is 2.25. The van der Waals surface area contributed by atoms with E-state index in [4.69, 9.17) is 40.1 Å². The second-order valence-corrected chi connectivity index (χ2v) is 42.0. The van der Waals surface area contributed by atoms with Crippen LogP contribution in [0.4, 0.5) is 0 Å². The molecule has 0 radical (unpaired) electrons. The lowest BCUT2D eigenvalue weighted by Crippen LogP contribution is -2.61. The Bertz CT molecular complexity index is 4410. The number of aliphatic imine (C=N–C) groups is 2. The molecule has 0 aromatic carbocycles. The number of carbonyl (C=O) groups excluding carboxylic acids is 19. The van der Waals surface area contributed by atoms with E-state index in [0.717, 1.165) is 0 Å². The molecule has 2 aliphatic rings. The van der Waals surface area contributed by atoms with E-state index in [9.17, 15) is 101 Å². The number of nitrogens with two attached hydrogens (primary N) is 7. The Morgan fingerprint density at radius 3 is 0.837 bits per heavy atom. The number of aliphatic carboxylic acids is 1. The van der Waals surface area contributed by atoms with Crippen molar-refractivity contribution >= 4 is 130 Å². The first kappa shape index (κ1) is 131. The number of carboxylic acids is 1. The van der Waals surface area contributed by atoms with Gasteiger partial charge in [-0.15, -0.1) is 0 Å². The van der Waals surface area contributed by atoms with E-state index in [1.807, 2.05) is 27.7 Å². The van der Waals surface area contributed by atoms with Crippen molar-refractivity contribution in [2.45, 2.75) is 402 Å². The van der Waals surface area contributed by atoms with Crippen LogP contribution in [0.1, 0.15) is 281 Å². The summed E-state index contributed by atoms with van der Waals surface area (Å²) in [7, 11) is 0. The van der Waals surface area contributed by atoms with Crippen molar-refractivity contribution < 1.29 is 101 Å². The smallest absolute Gasteiger partial charge is 0.326 e. The van der Waals surface area contributed by atoms with Gasteiger partial charge in [0.25, 0.3) is 0 Å². The number of carbonyl (C=O) groups is 20. The fraction of sp³-hybridized carbons (Fsp3) is 0.776. The maximum absolute atomic E-state index is 14.5. The van der Waals surface area contributed by atoms with Gasteiger partial charge in [0, 0.05) is 26.2 Å². The third-order valence-corrected chi connectivity index (χ3v) is 24.7. The maximum Gasteiger partial charge on any atom is 0.326 e. The van der Waals surface area contributed by atoms with Crippen molar-refractivity contribution in [2.24, 2.45) is 97.5 Å². The number of nitrogens with zero attached hydrogens (tertiary/aromatic N) is 4. The van der Waals surface area contributed by atoms with Crippen molar-refractivity contribution in [3.05, 3.63) is 0 Å². The second kappa shape index (κ2) is 66.2. The number of rotatable bonds is 67. The first-order valence-corrected chi connectivity index (χ1v) is 51.9. The zero-order valence-corrected chi connectivity index (χ0v) is 90.5. The van der Waals surface area contributed by atoms with Crippen LogP contribution >= 0.6 is 0 Å². The summed E-state index contributed by atoms with van der Waals surface area (Å²) < 4.78 is 0. The molecule has 2 heterocycles.